The summed E-state index contributed by atoms with van der Waals surface area (Å²) in [5.74, 6) is 0.871. The number of pyridine rings is 1. The fourth-order valence-electron chi connectivity index (χ4n) is 2.08. The van der Waals surface area contributed by atoms with Crippen LogP contribution in [0, 0.1) is 5.92 Å². The lowest BCUT2D eigenvalue weighted by atomic mass is 10.0. The van der Waals surface area contributed by atoms with Crippen molar-refractivity contribution in [1.82, 2.24) is 14.5 Å². The predicted octanol–water partition coefficient (Wildman–Crippen LogP) is 2.05. The topological polar surface area (TPSA) is 68.0 Å². The van der Waals surface area contributed by atoms with Crippen molar-refractivity contribution in [3.05, 3.63) is 52.3 Å². The van der Waals surface area contributed by atoms with Crippen molar-refractivity contribution in [2.24, 2.45) is 5.92 Å². The molecule has 112 valence electrons. The van der Waals surface area contributed by atoms with E-state index in [1.54, 1.807) is 20.0 Å². The van der Waals surface area contributed by atoms with Crippen molar-refractivity contribution >= 4 is 0 Å². The third-order valence-corrected chi connectivity index (χ3v) is 3.17. The second-order valence-corrected chi connectivity index (χ2v) is 6.13. The first-order valence-corrected chi connectivity index (χ1v) is 7.05. The number of hydrogen-bond acceptors (Lipinski definition) is 4. The molecule has 0 bridgehead atoms. The summed E-state index contributed by atoms with van der Waals surface area (Å²) >= 11 is 0. The van der Waals surface area contributed by atoms with Crippen LogP contribution in [0.4, 0.5) is 0 Å². The molecule has 5 heteroatoms. The van der Waals surface area contributed by atoms with Crippen molar-refractivity contribution in [3.8, 4) is 5.82 Å². The summed E-state index contributed by atoms with van der Waals surface area (Å²) in [5.41, 5.74) is 0.116. The van der Waals surface area contributed by atoms with E-state index in [9.17, 15) is 9.90 Å². The Bertz CT molecular complexity index is 667. The average molecular weight is 287 g/mol. The minimum atomic E-state index is -1.05. The van der Waals surface area contributed by atoms with E-state index in [0.717, 1.165) is 12.0 Å². The van der Waals surface area contributed by atoms with Gasteiger partial charge < -0.3 is 5.11 Å². The average Bonchev–Trinajstić information content (AvgIpc) is 2.40. The molecule has 0 spiro atoms. The first-order valence-electron chi connectivity index (χ1n) is 7.05. The van der Waals surface area contributed by atoms with Gasteiger partial charge in [0, 0.05) is 11.8 Å². The Morgan fingerprint density at radius 1 is 1.29 bits per heavy atom. The van der Waals surface area contributed by atoms with Crippen molar-refractivity contribution in [1.29, 1.82) is 0 Å². The highest BCUT2D eigenvalue weighted by molar-refractivity contribution is 5.24. The largest absolute Gasteiger partial charge is 0.384 e. The summed E-state index contributed by atoms with van der Waals surface area (Å²) in [4.78, 5) is 20.9. The van der Waals surface area contributed by atoms with Gasteiger partial charge in [-0.15, -0.1) is 0 Å². The van der Waals surface area contributed by atoms with Crippen molar-refractivity contribution < 1.29 is 5.11 Å². The Labute approximate surface area is 124 Å². The van der Waals surface area contributed by atoms with E-state index in [-0.39, 0.29) is 5.56 Å². The van der Waals surface area contributed by atoms with Crippen LogP contribution in [-0.2, 0) is 12.0 Å². The van der Waals surface area contributed by atoms with Crippen LogP contribution in [0.3, 0.4) is 0 Å². The Balaban J connectivity index is 2.41. The summed E-state index contributed by atoms with van der Waals surface area (Å²) in [6.45, 7) is 7.45. The lowest BCUT2D eigenvalue weighted by molar-refractivity contribution is 0.0734. The minimum absolute atomic E-state index is 0.0727. The quantitative estimate of drug-likeness (QED) is 0.934. The van der Waals surface area contributed by atoms with Gasteiger partial charge in [0.25, 0.3) is 5.56 Å². The van der Waals surface area contributed by atoms with Crippen molar-refractivity contribution in [3.63, 3.8) is 0 Å². The van der Waals surface area contributed by atoms with Gasteiger partial charge in [0.1, 0.15) is 5.60 Å². The molecule has 0 aromatic carbocycles. The number of rotatable bonds is 4. The molecule has 0 unspecified atom stereocenters. The summed E-state index contributed by atoms with van der Waals surface area (Å²) < 4.78 is 1.48. The number of nitrogens with zero attached hydrogens (tertiary/aromatic N) is 3. The van der Waals surface area contributed by atoms with Gasteiger partial charge in [-0.05, 0) is 32.3 Å². The molecule has 2 rings (SSSR count). The van der Waals surface area contributed by atoms with E-state index in [1.165, 1.54) is 17.0 Å². The lowest BCUT2D eigenvalue weighted by Gasteiger charge is -2.16. The number of aliphatic hydroxyl groups is 1. The molecular formula is C16H21N3O2. The maximum absolute atomic E-state index is 12.4. The van der Waals surface area contributed by atoms with Gasteiger partial charge >= 0.3 is 0 Å². The molecule has 5 nitrogen and oxygen atoms in total. The second kappa shape index (κ2) is 5.77. The smallest absolute Gasteiger partial charge is 0.259 e. The number of aromatic nitrogens is 3. The third kappa shape index (κ3) is 3.55. The van der Waals surface area contributed by atoms with Gasteiger partial charge in [0.05, 0.1) is 18.1 Å². The second-order valence-electron chi connectivity index (χ2n) is 6.13. The molecule has 1 N–H and O–H groups in total. The molecule has 2 aromatic rings. The molecular weight excluding hydrogens is 266 g/mol. The molecule has 0 aliphatic heterocycles. The predicted molar refractivity (Wildman–Crippen MR) is 81.4 cm³/mol. The fourth-order valence-corrected chi connectivity index (χ4v) is 2.08. The molecule has 0 atom stereocenters. The Kier molecular flexibility index (Phi) is 4.23. The molecule has 2 heterocycles. The summed E-state index contributed by atoms with van der Waals surface area (Å²) in [7, 11) is 0. The van der Waals surface area contributed by atoms with Crippen LogP contribution in [0.5, 0.6) is 0 Å². The normalized spacial score (nSPS) is 11.9. The van der Waals surface area contributed by atoms with Crippen molar-refractivity contribution in [2.75, 3.05) is 0 Å². The zero-order chi connectivity index (χ0) is 15.6. The van der Waals surface area contributed by atoms with Crippen LogP contribution in [0.1, 0.15) is 39.0 Å². The highest BCUT2D eigenvalue weighted by Crippen LogP contribution is 2.16. The van der Waals surface area contributed by atoms with Crippen LogP contribution in [0.2, 0.25) is 0 Å². The van der Waals surface area contributed by atoms with E-state index in [2.05, 4.69) is 23.8 Å². The molecule has 0 aliphatic rings. The monoisotopic (exact) mass is 287 g/mol. The molecule has 2 aromatic heterocycles. The molecule has 0 saturated heterocycles. The molecule has 0 amide bonds. The maximum Gasteiger partial charge on any atom is 0.259 e. The molecule has 0 radical (unpaired) electrons. The minimum Gasteiger partial charge on any atom is -0.384 e. The highest BCUT2D eigenvalue weighted by Gasteiger charge is 2.18. The molecule has 21 heavy (non-hydrogen) atoms. The summed E-state index contributed by atoms with van der Waals surface area (Å²) in [6, 6.07) is 3.68. The first kappa shape index (κ1) is 15.4. The first-order chi connectivity index (χ1) is 9.79. The summed E-state index contributed by atoms with van der Waals surface area (Å²) in [5, 5.41) is 9.88. The van der Waals surface area contributed by atoms with E-state index >= 15 is 0 Å². The van der Waals surface area contributed by atoms with Crippen LogP contribution in [-0.4, -0.2) is 19.6 Å². The van der Waals surface area contributed by atoms with Gasteiger partial charge in [-0.25, -0.2) is 4.98 Å². The summed E-state index contributed by atoms with van der Waals surface area (Å²) in [6.07, 6.45) is 5.42. The molecule has 0 aliphatic carbocycles. The zero-order valence-electron chi connectivity index (χ0n) is 12.9. The van der Waals surface area contributed by atoms with E-state index in [0.29, 0.717) is 17.4 Å². The molecule has 0 saturated carbocycles. The van der Waals surface area contributed by atoms with Crippen LogP contribution >= 0.6 is 0 Å². The van der Waals surface area contributed by atoms with Crippen LogP contribution in [0.25, 0.3) is 5.82 Å². The van der Waals surface area contributed by atoms with Gasteiger partial charge in [-0.1, -0.05) is 19.9 Å². The fraction of sp³-hybridized carbons (Fsp3) is 0.438. The third-order valence-electron chi connectivity index (χ3n) is 3.17. The maximum atomic E-state index is 12.4. The lowest BCUT2D eigenvalue weighted by Crippen LogP contribution is -2.24. The van der Waals surface area contributed by atoms with Gasteiger partial charge in [0.2, 0.25) is 0 Å². The van der Waals surface area contributed by atoms with Crippen LogP contribution < -0.4 is 5.56 Å². The van der Waals surface area contributed by atoms with Crippen molar-refractivity contribution in [2.45, 2.75) is 39.7 Å². The Morgan fingerprint density at radius 3 is 2.52 bits per heavy atom. The molecule has 0 fully saturated rings. The number of hydrogen-bond donors (Lipinski definition) is 1. The van der Waals surface area contributed by atoms with Crippen LogP contribution in [0.15, 0.2) is 35.5 Å². The Morgan fingerprint density at radius 2 is 2.00 bits per heavy atom. The zero-order valence-corrected chi connectivity index (χ0v) is 12.9. The van der Waals surface area contributed by atoms with Gasteiger partial charge in [-0.2, -0.15) is 0 Å². The Hall–Kier alpha value is -2.01. The van der Waals surface area contributed by atoms with Gasteiger partial charge in [-0.3, -0.25) is 14.3 Å². The van der Waals surface area contributed by atoms with E-state index in [4.69, 9.17) is 0 Å². The highest BCUT2D eigenvalue weighted by atomic mass is 16.3. The standard InChI is InChI=1S/C16H21N3O2/c1-11(2)8-12-6-5-7-19(15(12)20)14-10-17-13(9-18-14)16(3,4)21/h5-7,9-11,21H,8H2,1-4H3. The van der Waals surface area contributed by atoms with E-state index in [1.807, 2.05) is 12.1 Å². The van der Waals surface area contributed by atoms with Gasteiger partial charge in [0.15, 0.2) is 5.82 Å². The van der Waals surface area contributed by atoms with E-state index < -0.39 is 5.60 Å². The SMILES string of the molecule is CC(C)Cc1cccn(-c2cnc(C(C)(C)O)cn2)c1=O.